The molecule has 0 saturated carbocycles. The number of thiophene rings is 1. The van der Waals surface area contributed by atoms with E-state index in [1.165, 1.54) is 12.0 Å². The number of aliphatic imine (C=N–C) groups is 1. The Kier molecular flexibility index (Phi) is 8.95. The van der Waals surface area contributed by atoms with E-state index < -0.39 is 0 Å². The normalized spacial score (nSPS) is 23.4. The van der Waals surface area contributed by atoms with Crippen LogP contribution in [0.3, 0.4) is 0 Å². The molecular formula is C18H31IN4OS. The number of rotatable bonds is 5. The zero-order chi connectivity index (χ0) is 16.8. The second-order valence-electron chi connectivity index (χ2n) is 6.69. The number of ether oxygens (including phenoxy) is 1. The van der Waals surface area contributed by atoms with Crippen molar-refractivity contribution in [2.45, 2.75) is 32.2 Å². The van der Waals surface area contributed by atoms with Crippen LogP contribution in [0.2, 0.25) is 0 Å². The lowest BCUT2D eigenvalue weighted by molar-refractivity contribution is 0.0195. The van der Waals surface area contributed by atoms with Crippen molar-refractivity contribution in [3.8, 4) is 0 Å². The van der Waals surface area contributed by atoms with Crippen molar-refractivity contribution in [3.05, 3.63) is 22.4 Å². The number of morpholine rings is 1. The zero-order valence-electron chi connectivity index (χ0n) is 15.3. The molecule has 0 aliphatic carbocycles. The molecule has 1 aromatic heterocycles. The fraction of sp³-hybridized carbons (Fsp3) is 0.722. The van der Waals surface area contributed by atoms with Gasteiger partial charge in [0.15, 0.2) is 5.96 Å². The summed E-state index contributed by atoms with van der Waals surface area (Å²) in [6, 6.07) is 2.86. The number of nitrogens with zero attached hydrogens (tertiary/aromatic N) is 3. The van der Waals surface area contributed by atoms with Gasteiger partial charge >= 0.3 is 0 Å². The molecule has 2 aliphatic rings. The van der Waals surface area contributed by atoms with Crippen molar-refractivity contribution in [1.29, 1.82) is 0 Å². The lowest BCUT2D eigenvalue weighted by atomic mass is 10.1. The maximum absolute atomic E-state index is 5.48. The van der Waals surface area contributed by atoms with Crippen LogP contribution in [0.5, 0.6) is 0 Å². The van der Waals surface area contributed by atoms with Gasteiger partial charge in [-0.3, -0.25) is 9.89 Å². The molecule has 3 rings (SSSR count). The van der Waals surface area contributed by atoms with Crippen molar-refractivity contribution in [1.82, 2.24) is 15.1 Å². The third-order valence-electron chi connectivity index (χ3n) is 4.99. The average Bonchev–Trinajstić information content (AvgIpc) is 3.30. The van der Waals surface area contributed by atoms with Gasteiger partial charge in [-0.15, -0.1) is 24.0 Å². The van der Waals surface area contributed by atoms with E-state index in [0.29, 0.717) is 12.0 Å². The van der Waals surface area contributed by atoms with Crippen LogP contribution in [0, 0.1) is 0 Å². The zero-order valence-corrected chi connectivity index (χ0v) is 18.5. The third-order valence-corrected chi connectivity index (χ3v) is 5.69. The van der Waals surface area contributed by atoms with Crippen molar-refractivity contribution < 1.29 is 4.74 Å². The maximum atomic E-state index is 5.48. The molecule has 7 heteroatoms. The molecule has 1 aromatic rings. The SMILES string of the molecule is CCNC(=NCC(C)c1ccsc1)N1CCC(N2CCOCC2)C1.I. The summed E-state index contributed by atoms with van der Waals surface area (Å²) in [4.78, 5) is 9.94. The lowest BCUT2D eigenvalue weighted by Gasteiger charge is -2.32. The largest absolute Gasteiger partial charge is 0.379 e. The molecule has 2 fully saturated rings. The summed E-state index contributed by atoms with van der Waals surface area (Å²) in [6.07, 6.45) is 1.23. The number of halogens is 1. The van der Waals surface area contributed by atoms with Crippen molar-refractivity contribution in [3.63, 3.8) is 0 Å². The van der Waals surface area contributed by atoms with Gasteiger partial charge in [-0.05, 0) is 35.7 Å². The summed E-state index contributed by atoms with van der Waals surface area (Å²) in [5.41, 5.74) is 1.40. The van der Waals surface area contributed by atoms with E-state index >= 15 is 0 Å². The summed E-state index contributed by atoms with van der Waals surface area (Å²) in [5.74, 6) is 1.55. The minimum Gasteiger partial charge on any atom is -0.379 e. The number of hydrogen-bond acceptors (Lipinski definition) is 4. The van der Waals surface area contributed by atoms with Gasteiger partial charge < -0.3 is 15.0 Å². The predicted molar refractivity (Wildman–Crippen MR) is 116 cm³/mol. The van der Waals surface area contributed by atoms with Crippen LogP contribution in [0.4, 0.5) is 0 Å². The standard InChI is InChI=1S/C18H30N4OS.HI/c1-3-19-18(20-12-15(2)16-5-11-24-14-16)22-6-4-17(13-22)21-7-9-23-10-8-21;/h5,11,14-15,17H,3-4,6-10,12-13H2,1-2H3,(H,19,20);1H. The molecule has 2 atom stereocenters. The summed E-state index contributed by atoms with van der Waals surface area (Å²) in [5, 5.41) is 7.86. The summed E-state index contributed by atoms with van der Waals surface area (Å²) in [6.45, 7) is 12.2. The van der Waals surface area contributed by atoms with Gasteiger partial charge in [0.2, 0.25) is 0 Å². The van der Waals surface area contributed by atoms with E-state index in [4.69, 9.17) is 9.73 Å². The first kappa shape index (κ1) is 20.9. The molecule has 2 aliphatic heterocycles. The minimum absolute atomic E-state index is 0. The number of nitrogens with one attached hydrogen (secondary N) is 1. The van der Waals surface area contributed by atoms with E-state index in [1.54, 1.807) is 11.3 Å². The van der Waals surface area contributed by atoms with Gasteiger partial charge in [0.1, 0.15) is 0 Å². The molecule has 2 saturated heterocycles. The highest BCUT2D eigenvalue weighted by Crippen LogP contribution is 2.20. The molecule has 0 amide bonds. The van der Waals surface area contributed by atoms with Crippen LogP contribution >= 0.6 is 35.3 Å². The van der Waals surface area contributed by atoms with Crippen LogP contribution in [-0.2, 0) is 4.74 Å². The fourth-order valence-electron chi connectivity index (χ4n) is 3.48. The van der Waals surface area contributed by atoms with Crippen LogP contribution < -0.4 is 5.32 Å². The second-order valence-corrected chi connectivity index (χ2v) is 7.47. The summed E-state index contributed by atoms with van der Waals surface area (Å²) in [7, 11) is 0. The van der Waals surface area contributed by atoms with Gasteiger partial charge in [-0.1, -0.05) is 6.92 Å². The molecule has 2 unspecified atom stereocenters. The molecule has 0 radical (unpaired) electrons. The van der Waals surface area contributed by atoms with E-state index in [0.717, 1.165) is 58.4 Å². The Morgan fingerprint density at radius 1 is 1.40 bits per heavy atom. The quantitative estimate of drug-likeness (QED) is 0.402. The van der Waals surface area contributed by atoms with Crippen LogP contribution in [0.1, 0.15) is 31.7 Å². The summed E-state index contributed by atoms with van der Waals surface area (Å²) >= 11 is 1.76. The predicted octanol–water partition coefficient (Wildman–Crippen LogP) is 2.84. The fourth-order valence-corrected chi connectivity index (χ4v) is 4.27. The van der Waals surface area contributed by atoms with E-state index in [2.05, 4.69) is 45.8 Å². The maximum Gasteiger partial charge on any atom is 0.193 e. The van der Waals surface area contributed by atoms with Crippen LogP contribution in [0.15, 0.2) is 21.8 Å². The lowest BCUT2D eigenvalue weighted by Crippen LogP contribution is -2.46. The van der Waals surface area contributed by atoms with Gasteiger partial charge in [0.05, 0.1) is 13.2 Å². The molecule has 5 nitrogen and oxygen atoms in total. The average molecular weight is 478 g/mol. The van der Waals surface area contributed by atoms with Crippen LogP contribution in [-0.4, -0.2) is 74.3 Å². The smallest absolute Gasteiger partial charge is 0.193 e. The van der Waals surface area contributed by atoms with E-state index in [-0.39, 0.29) is 24.0 Å². The molecule has 0 bridgehead atoms. The topological polar surface area (TPSA) is 40.1 Å². The van der Waals surface area contributed by atoms with E-state index in [9.17, 15) is 0 Å². The molecule has 0 aromatic carbocycles. The number of hydrogen-bond donors (Lipinski definition) is 1. The molecular weight excluding hydrogens is 447 g/mol. The highest BCUT2D eigenvalue weighted by molar-refractivity contribution is 14.0. The Morgan fingerprint density at radius 3 is 2.88 bits per heavy atom. The first-order valence-corrected chi connectivity index (χ1v) is 10.1. The molecule has 25 heavy (non-hydrogen) atoms. The minimum atomic E-state index is 0. The van der Waals surface area contributed by atoms with Gasteiger partial charge in [0, 0.05) is 51.2 Å². The first-order chi connectivity index (χ1) is 11.8. The van der Waals surface area contributed by atoms with Crippen LogP contribution in [0.25, 0.3) is 0 Å². The third kappa shape index (κ3) is 5.80. The number of likely N-dealkylation sites (tertiary alicyclic amines) is 1. The van der Waals surface area contributed by atoms with Gasteiger partial charge in [-0.2, -0.15) is 11.3 Å². The van der Waals surface area contributed by atoms with Crippen molar-refractivity contribution >= 4 is 41.3 Å². The Hall–Kier alpha value is -0.380. The Morgan fingerprint density at radius 2 is 2.20 bits per heavy atom. The van der Waals surface area contributed by atoms with Gasteiger partial charge in [0.25, 0.3) is 0 Å². The van der Waals surface area contributed by atoms with E-state index in [1.807, 2.05) is 0 Å². The second kappa shape index (κ2) is 10.7. The molecule has 3 heterocycles. The highest BCUT2D eigenvalue weighted by atomic mass is 127. The Labute approximate surface area is 172 Å². The highest BCUT2D eigenvalue weighted by Gasteiger charge is 2.30. The molecule has 1 N–H and O–H groups in total. The van der Waals surface area contributed by atoms with Crippen molar-refractivity contribution in [2.75, 3.05) is 52.5 Å². The Bertz CT molecular complexity index is 519. The Balaban J connectivity index is 0.00000225. The molecule has 142 valence electrons. The van der Waals surface area contributed by atoms with Gasteiger partial charge in [-0.25, -0.2) is 0 Å². The number of guanidine groups is 1. The molecule has 0 spiro atoms. The van der Waals surface area contributed by atoms with Crippen molar-refractivity contribution in [2.24, 2.45) is 4.99 Å². The monoisotopic (exact) mass is 478 g/mol. The summed E-state index contributed by atoms with van der Waals surface area (Å²) < 4.78 is 5.48. The first-order valence-electron chi connectivity index (χ1n) is 9.15.